The molecule has 0 saturated heterocycles. The highest BCUT2D eigenvalue weighted by atomic mass is 79.9. The van der Waals surface area contributed by atoms with Crippen LogP contribution >= 0.6 is 15.9 Å². The van der Waals surface area contributed by atoms with E-state index in [9.17, 15) is 9.59 Å². The summed E-state index contributed by atoms with van der Waals surface area (Å²) in [4.78, 5) is 23.0. The van der Waals surface area contributed by atoms with Gasteiger partial charge in [-0.3, -0.25) is 9.36 Å². The Labute approximate surface area is 106 Å². The second-order valence-corrected chi connectivity index (χ2v) is 5.15. The number of oxazole rings is 1. The molecule has 0 aliphatic heterocycles. The quantitative estimate of drug-likeness (QED) is 0.646. The van der Waals surface area contributed by atoms with Crippen molar-refractivity contribution in [2.75, 3.05) is 0 Å². The SMILES string of the molecule is CCn1c(=O)oc2cc(C(=O)C(C)Br)ccc21. The Hall–Kier alpha value is -1.36. The lowest BCUT2D eigenvalue weighted by Crippen LogP contribution is -2.12. The van der Waals surface area contributed by atoms with Crippen LogP contribution in [0.3, 0.4) is 0 Å². The first kappa shape index (κ1) is 12.1. The van der Waals surface area contributed by atoms with Crippen molar-refractivity contribution in [3.63, 3.8) is 0 Å². The molecule has 0 amide bonds. The van der Waals surface area contributed by atoms with E-state index in [1.54, 1.807) is 25.1 Å². The third-order valence-corrected chi connectivity index (χ3v) is 3.05. The van der Waals surface area contributed by atoms with Crippen LogP contribution in [0.25, 0.3) is 11.1 Å². The van der Waals surface area contributed by atoms with Crippen molar-refractivity contribution >= 4 is 32.8 Å². The number of aryl methyl sites for hydroxylation is 1. The average molecular weight is 298 g/mol. The van der Waals surface area contributed by atoms with E-state index < -0.39 is 0 Å². The zero-order valence-corrected chi connectivity index (χ0v) is 11.2. The first-order chi connectivity index (χ1) is 8.04. The molecule has 1 unspecified atom stereocenters. The summed E-state index contributed by atoms with van der Waals surface area (Å²) >= 11 is 3.23. The number of rotatable bonds is 3. The molecule has 4 nitrogen and oxygen atoms in total. The summed E-state index contributed by atoms with van der Waals surface area (Å²) in [5.74, 6) is -0.419. The van der Waals surface area contributed by atoms with Crippen molar-refractivity contribution in [2.45, 2.75) is 25.2 Å². The van der Waals surface area contributed by atoms with Gasteiger partial charge in [-0.25, -0.2) is 4.79 Å². The van der Waals surface area contributed by atoms with Crippen LogP contribution in [0.15, 0.2) is 27.4 Å². The van der Waals surface area contributed by atoms with Crippen LogP contribution < -0.4 is 5.76 Å². The number of carbonyl (C=O) groups excluding carboxylic acids is 1. The fourth-order valence-electron chi connectivity index (χ4n) is 1.75. The minimum atomic E-state index is -0.390. The Morgan fingerprint density at radius 2 is 2.24 bits per heavy atom. The van der Waals surface area contributed by atoms with Crippen LogP contribution in [0, 0.1) is 0 Å². The number of ketones is 1. The summed E-state index contributed by atoms with van der Waals surface area (Å²) < 4.78 is 6.63. The number of aromatic nitrogens is 1. The molecule has 0 aliphatic rings. The van der Waals surface area contributed by atoms with Crippen molar-refractivity contribution in [1.29, 1.82) is 0 Å². The summed E-state index contributed by atoms with van der Waals surface area (Å²) in [7, 11) is 0. The summed E-state index contributed by atoms with van der Waals surface area (Å²) in [5, 5.41) is 0. The van der Waals surface area contributed by atoms with Crippen LogP contribution in [-0.4, -0.2) is 15.2 Å². The van der Waals surface area contributed by atoms with Gasteiger partial charge in [0, 0.05) is 12.1 Å². The number of hydrogen-bond donors (Lipinski definition) is 0. The largest absolute Gasteiger partial charge is 0.419 e. The molecule has 0 N–H and O–H groups in total. The summed E-state index contributed by atoms with van der Waals surface area (Å²) in [6.45, 7) is 4.18. The smallest absolute Gasteiger partial charge is 0.408 e. The number of Topliss-reactive ketones (excluding diaryl/α,β-unsaturated/α-hetero) is 1. The predicted octanol–water partition coefficient (Wildman–Crippen LogP) is 2.58. The fourth-order valence-corrected chi connectivity index (χ4v) is 2.01. The number of benzene rings is 1. The Balaban J connectivity index is 2.60. The lowest BCUT2D eigenvalue weighted by molar-refractivity contribution is 0.0996. The molecule has 2 aromatic rings. The van der Waals surface area contributed by atoms with Gasteiger partial charge in [-0.2, -0.15) is 0 Å². The molecule has 90 valence electrons. The Morgan fingerprint density at radius 3 is 2.82 bits per heavy atom. The third-order valence-electron chi connectivity index (χ3n) is 2.63. The molecule has 1 heterocycles. The van der Waals surface area contributed by atoms with Crippen molar-refractivity contribution in [3.8, 4) is 0 Å². The molecule has 17 heavy (non-hydrogen) atoms. The average Bonchev–Trinajstić information content (AvgIpc) is 2.61. The number of fused-ring (bicyclic) bond motifs is 1. The minimum absolute atomic E-state index is 0.0289. The molecule has 0 aliphatic carbocycles. The predicted molar refractivity (Wildman–Crippen MR) is 68.9 cm³/mol. The maximum atomic E-state index is 11.8. The van der Waals surface area contributed by atoms with E-state index >= 15 is 0 Å². The highest BCUT2D eigenvalue weighted by molar-refractivity contribution is 9.10. The maximum absolute atomic E-state index is 11.8. The van der Waals surface area contributed by atoms with E-state index in [2.05, 4.69) is 15.9 Å². The van der Waals surface area contributed by atoms with E-state index in [0.717, 1.165) is 5.52 Å². The van der Waals surface area contributed by atoms with Crippen molar-refractivity contribution in [2.24, 2.45) is 0 Å². The van der Waals surface area contributed by atoms with Crippen LogP contribution in [0.4, 0.5) is 0 Å². The van der Waals surface area contributed by atoms with Crippen LogP contribution in [0.1, 0.15) is 24.2 Å². The topological polar surface area (TPSA) is 52.2 Å². The molecule has 5 heteroatoms. The first-order valence-electron chi connectivity index (χ1n) is 5.36. The second-order valence-electron chi connectivity index (χ2n) is 3.77. The number of nitrogens with zero attached hydrogens (tertiary/aromatic N) is 1. The molecule has 1 aromatic carbocycles. The highest BCUT2D eigenvalue weighted by Crippen LogP contribution is 2.17. The lowest BCUT2D eigenvalue weighted by Gasteiger charge is -2.02. The monoisotopic (exact) mass is 297 g/mol. The van der Waals surface area contributed by atoms with Gasteiger partial charge in [-0.1, -0.05) is 15.9 Å². The summed E-state index contributed by atoms with van der Waals surface area (Å²) in [6.07, 6.45) is 0. The number of hydrogen-bond acceptors (Lipinski definition) is 3. The molecular formula is C12H12BrNO3. The van der Waals surface area contributed by atoms with Gasteiger partial charge in [0.1, 0.15) is 0 Å². The Bertz CT molecular complexity index is 624. The highest BCUT2D eigenvalue weighted by Gasteiger charge is 2.15. The van der Waals surface area contributed by atoms with E-state index in [1.165, 1.54) is 4.57 Å². The second kappa shape index (κ2) is 4.49. The van der Waals surface area contributed by atoms with Gasteiger partial charge in [0.15, 0.2) is 11.4 Å². The molecule has 1 aromatic heterocycles. The van der Waals surface area contributed by atoms with E-state index in [0.29, 0.717) is 17.7 Å². The molecule has 1 atom stereocenters. The molecule has 0 fully saturated rings. The van der Waals surface area contributed by atoms with Crippen LogP contribution in [-0.2, 0) is 6.54 Å². The van der Waals surface area contributed by atoms with Gasteiger partial charge in [0.25, 0.3) is 0 Å². The van der Waals surface area contributed by atoms with Crippen molar-refractivity contribution < 1.29 is 9.21 Å². The van der Waals surface area contributed by atoms with Crippen molar-refractivity contribution in [1.82, 2.24) is 4.57 Å². The summed E-state index contributed by atoms with van der Waals surface area (Å²) in [5.41, 5.74) is 1.71. The fraction of sp³-hybridized carbons (Fsp3) is 0.333. The standard InChI is InChI=1S/C12H12BrNO3/c1-3-14-9-5-4-8(11(15)7(2)13)6-10(9)17-12(14)16/h4-7H,3H2,1-2H3. The van der Waals surface area contributed by atoms with Gasteiger partial charge in [-0.05, 0) is 32.0 Å². The van der Waals surface area contributed by atoms with Gasteiger partial charge in [-0.15, -0.1) is 0 Å². The zero-order valence-electron chi connectivity index (χ0n) is 9.57. The molecule has 2 rings (SSSR count). The van der Waals surface area contributed by atoms with E-state index in [4.69, 9.17) is 4.42 Å². The first-order valence-corrected chi connectivity index (χ1v) is 6.27. The molecular weight excluding hydrogens is 286 g/mol. The van der Waals surface area contributed by atoms with Gasteiger partial charge in [0.05, 0.1) is 10.3 Å². The molecule has 0 radical (unpaired) electrons. The van der Waals surface area contributed by atoms with Gasteiger partial charge < -0.3 is 4.42 Å². The molecule has 0 saturated carbocycles. The lowest BCUT2D eigenvalue weighted by atomic mass is 10.1. The molecule has 0 spiro atoms. The van der Waals surface area contributed by atoms with Crippen molar-refractivity contribution in [3.05, 3.63) is 34.3 Å². The van der Waals surface area contributed by atoms with E-state index in [-0.39, 0.29) is 16.4 Å². The number of alkyl halides is 1. The normalized spacial score (nSPS) is 12.9. The minimum Gasteiger partial charge on any atom is -0.408 e. The zero-order chi connectivity index (χ0) is 12.6. The van der Waals surface area contributed by atoms with Gasteiger partial charge in [0.2, 0.25) is 0 Å². The van der Waals surface area contributed by atoms with E-state index in [1.807, 2.05) is 6.92 Å². The Morgan fingerprint density at radius 1 is 1.53 bits per heavy atom. The number of halogens is 1. The van der Waals surface area contributed by atoms with Gasteiger partial charge >= 0.3 is 5.76 Å². The maximum Gasteiger partial charge on any atom is 0.419 e. The number of carbonyl (C=O) groups is 1. The third kappa shape index (κ3) is 2.07. The van der Waals surface area contributed by atoms with Crippen LogP contribution in [0.5, 0.6) is 0 Å². The Kier molecular flexibility index (Phi) is 3.19. The summed E-state index contributed by atoms with van der Waals surface area (Å²) in [6, 6.07) is 5.07. The van der Waals surface area contributed by atoms with Crippen LogP contribution in [0.2, 0.25) is 0 Å². The molecule has 0 bridgehead atoms.